The van der Waals surface area contributed by atoms with Crippen molar-refractivity contribution in [2.45, 2.75) is 50.8 Å². The van der Waals surface area contributed by atoms with Crippen LogP contribution in [0.4, 0.5) is 0 Å². The lowest BCUT2D eigenvalue weighted by Crippen LogP contribution is -2.29. The van der Waals surface area contributed by atoms with E-state index in [1.165, 1.54) is 18.4 Å². The number of nitrogens with two attached hydrogens (primary N) is 1. The van der Waals surface area contributed by atoms with E-state index in [9.17, 15) is 4.21 Å². The van der Waals surface area contributed by atoms with Gasteiger partial charge in [-0.15, -0.1) is 0 Å². The van der Waals surface area contributed by atoms with Crippen molar-refractivity contribution in [2.24, 2.45) is 11.7 Å². The lowest BCUT2D eigenvalue weighted by Gasteiger charge is -2.27. The zero-order valence-corrected chi connectivity index (χ0v) is 12.8. The van der Waals surface area contributed by atoms with E-state index in [2.05, 4.69) is 38.1 Å². The molecule has 0 radical (unpaired) electrons. The zero-order valence-electron chi connectivity index (χ0n) is 12.0. The van der Waals surface area contributed by atoms with Crippen LogP contribution in [0, 0.1) is 12.8 Å². The summed E-state index contributed by atoms with van der Waals surface area (Å²) in [5, 5.41) is 0.361. The van der Waals surface area contributed by atoms with Crippen molar-refractivity contribution in [2.75, 3.05) is 5.75 Å². The summed E-state index contributed by atoms with van der Waals surface area (Å²) in [7, 11) is -0.788. The summed E-state index contributed by atoms with van der Waals surface area (Å²) < 4.78 is 12.4. The first kappa shape index (κ1) is 14.7. The van der Waals surface area contributed by atoms with Gasteiger partial charge in [-0.1, -0.05) is 49.6 Å². The van der Waals surface area contributed by atoms with Gasteiger partial charge in [-0.2, -0.15) is 0 Å². The predicted octanol–water partition coefficient (Wildman–Crippen LogP) is 3.32. The molecule has 2 nitrogen and oxygen atoms in total. The SMILES string of the molecule is Cc1ccc(C(N)CS(=O)C2CCCC(C)C2)cc1. The normalized spacial score (nSPS) is 26.9. The maximum atomic E-state index is 12.4. The largest absolute Gasteiger partial charge is 0.323 e. The van der Waals surface area contributed by atoms with Crippen LogP contribution in [0.3, 0.4) is 0 Å². The minimum atomic E-state index is -0.788. The second kappa shape index (κ2) is 6.67. The lowest BCUT2D eigenvalue weighted by molar-refractivity contribution is 0.389. The van der Waals surface area contributed by atoms with E-state index in [-0.39, 0.29) is 6.04 Å². The van der Waals surface area contributed by atoms with Crippen LogP contribution in [0.15, 0.2) is 24.3 Å². The third kappa shape index (κ3) is 4.15. The summed E-state index contributed by atoms with van der Waals surface area (Å²) in [6, 6.07) is 8.15. The summed E-state index contributed by atoms with van der Waals surface area (Å²) >= 11 is 0. The molecule has 3 heteroatoms. The van der Waals surface area contributed by atoms with E-state index in [1.807, 2.05) is 0 Å². The van der Waals surface area contributed by atoms with Gasteiger partial charge in [0.25, 0.3) is 0 Å². The molecule has 1 aliphatic rings. The van der Waals surface area contributed by atoms with Gasteiger partial charge in [0.15, 0.2) is 0 Å². The molecule has 1 aromatic carbocycles. The summed E-state index contributed by atoms with van der Waals surface area (Å²) in [6.07, 6.45) is 4.72. The first-order valence-electron chi connectivity index (χ1n) is 7.25. The van der Waals surface area contributed by atoms with Crippen molar-refractivity contribution >= 4 is 10.8 Å². The van der Waals surface area contributed by atoms with Gasteiger partial charge in [-0.05, 0) is 31.2 Å². The molecule has 1 aliphatic carbocycles. The smallest absolute Gasteiger partial charge is 0.0431 e. The number of hydrogen-bond donors (Lipinski definition) is 1. The molecule has 0 bridgehead atoms. The molecule has 1 fully saturated rings. The number of aryl methyl sites for hydroxylation is 1. The van der Waals surface area contributed by atoms with Gasteiger partial charge in [0.2, 0.25) is 0 Å². The highest BCUT2D eigenvalue weighted by atomic mass is 32.2. The average molecular weight is 279 g/mol. The molecule has 0 aromatic heterocycles. The molecule has 4 atom stereocenters. The Morgan fingerprint density at radius 2 is 2.00 bits per heavy atom. The number of hydrogen-bond acceptors (Lipinski definition) is 2. The predicted molar refractivity (Wildman–Crippen MR) is 82.5 cm³/mol. The molecule has 0 amide bonds. The van der Waals surface area contributed by atoms with Crippen molar-refractivity contribution in [3.63, 3.8) is 0 Å². The molecule has 4 unspecified atom stereocenters. The van der Waals surface area contributed by atoms with Gasteiger partial charge in [0, 0.05) is 27.8 Å². The van der Waals surface area contributed by atoms with E-state index >= 15 is 0 Å². The van der Waals surface area contributed by atoms with Gasteiger partial charge in [0.1, 0.15) is 0 Å². The van der Waals surface area contributed by atoms with Crippen LogP contribution in [0.25, 0.3) is 0 Å². The summed E-state index contributed by atoms with van der Waals surface area (Å²) in [5.74, 6) is 1.32. The molecule has 2 N–H and O–H groups in total. The van der Waals surface area contributed by atoms with Crippen LogP contribution in [-0.4, -0.2) is 15.2 Å². The molecular formula is C16H25NOS. The molecule has 1 saturated carbocycles. The van der Waals surface area contributed by atoms with Crippen molar-refractivity contribution in [1.82, 2.24) is 0 Å². The molecule has 1 aromatic rings. The highest BCUT2D eigenvalue weighted by Crippen LogP contribution is 2.28. The summed E-state index contributed by atoms with van der Waals surface area (Å²) in [6.45, 7) is 4.33. The van der Waals surface area contributed by atoms with Gasteiger partial charge < -0.3 is 5.73 Å². The van der Waals surface area contributed by atoms with Gasteiger partial charge >= 0.3 is 0 Å². The number of rotatable bonds is 4. The quantitative estimate of drug-likeness (QED) is 0.918. The second-order valence-corrected chi connectivity index (χ2v) is 7.72. The topological polar surface area (TPSA) is 43.1 Å². The Morgan fingerprint density at radius 3 is 2.63 bits per heavy atom. The van der Waals surface area contributed by atoms with Crippen LogP contribution < -0.4 is 5.73 Å². The Morgan fingerprint density at radius 1 is 1.32 bits per heavy atom. The maximum absolute atomic E-state index is 12.4. The first-order chi connectivity index (χ1) is 9.06. The van der Waals surface area contributed by atoms with E-state index in [0.29, 0.717) is 11.0 Å². The Kier molecular flexibility index (Phi) is 5.17. The second-order valence-electron chi connectivity index (χ2n) is 5.96. The molecule has 0 saturated heterocycles. The average Bonchev–Trinajstić information content (AvgIpc) is 2.39. The Labute approximate surface area is 119 Å². The molecule has 19 heavy (non-hydrogen) atoms. The highest BCUT2D eigenvalue weighted by molar-refractivity contribution is 7.85. The van der Waals surface area contributed by atoms with E-state index in [4.69, 9.17) is 5.73 Å². The Hall–Kier alpha value is -0.670. The third-order valence-corrected chi connectivity index (χ3v) is 5.97. The monoisotopic (exact) mass is 279 g/mol. The van der Waals surface area contributed by atoms with Crippen LogP contribution in [0.2, 0.25) is 0 Å². The molecule has 0 spiro atoms. The molecule has 2 rings (SSSR count). The van der Waals surface area contributed by atoms with E-state index in [1.54, 1.807) is 0 Å². The zero-order chi connectivity index (χ0) is 13.8. The molecular weight excluding hydrogens is 254 g/mol. The van der Waals surface area contributed by atoms with Gasteiger partial charge in [-0.3, -0.25) is 4.21 Å². The van der Waals surface area contributed by atoms with Crippen molar-refractivity contribution < 1.29 is 4.21 Å². The van der Waals surface area contributed by atoms with Crippen molar-refractivity contribution in [3.8, 4) is 0 Å². The fourth-order valence-corrected chi connectivity index (χ4v) is 4.63. The fourth-order valence-electron chi connectivity index (χ4n) is 2.84. The Bertz CT molecular complexity index is 429. The first-order valence-corrected chi connectivity index (χ1v) is 8.64. The van der Waals surface area contributed by atoms with Crippen molar-refractivity contribution in [1.29, 1.82) is 0 Å². The van der Waals surface area contributed by atoms with Crippen LogP contribution in [-0.2, 0) is 10.8 Å². The standard InChI is InChI=1S/C16H25NOS/c1-12-6-8-14(9-7-12)16(17)11-19(18)15-5-3-4-13(2)10-15/h6-9,13,15-16H,3-5,10-11,17H2,1-2H3. The highest BCUT2D eigenvalue weighted by Gasteiger charge is 2.25. The van der Waals surface area contributed by atoms with E-state index < -0.39 is 10.8 Å². The van der Waals surface area contributed by atoms with Crippen LogP contribution in [0.5, 0.6) is 0 Å². The van der Waals surface area contributed by atoms with Gasteiger partial charge in [-0.25, -0.2) is 0 Å². The van der Waals surface area contributed by atoms with Crippen molar-refractivity contribution in [3.05, 3.63) is 35.4 Å². The third-order valence-electron chi connectivity index (χ3n) is 4.11. The van der Waals surface area contributed by atoms with Gasteiger partial charge in [0.05, 0.1) is 0 Å². The minimum absolute atomic E-state index is 0.0985. The molecule has 0 heterocycles. The number of benzene rings is 1. The fraction of sp³-hybridized carbons (Fsp3) is 0.625. The molecule has 106 valence electrons. The molecule has 0 aliphatic heterocycles. The summed E-state index contributed by atoms with van der Waals surface area (Å²) in [5.41, 5.74) is 8.53. The van der Waals surface area contributed by atoms with Crippen LogP contribution in [0.1, 0.15) is 49.8 Å². The Balaban J connectivity index is 1.92. The maximum Gasteiger partial charge on any atom is 0.0431 e. The summed E-state index contributed by atoms with van der Waals surface area (Å²) in [4.78, 5) is 0. The van der Waals surface area contributed by atoms with Crippen LogP contribution >= 0.6 is 0 Å². The van der Waals surface area contributed by atoms with E-state index in [0.717, 1.165) is 24.3 Å². The lowest BCUT2D eigenvalue weighted by atomic mass is 9.91. The minimum Gasteiger partial charge on any atom is -0.323 e.